The van der Waals surface area contributed by atoms with Crippen molar-refractivity contribution in [3.8, 4) is 0 Å². The van der Waals surface area contributed by atoms with E-state index in [2.05, 4.69) is 0 Å². The molecule has 1 saturated heterocycles. The lowest BCUT2D eigenvalue weighted by Gasteiger charge is -2.29. The zero-order chi connectivity index (χ0) is 14.5. The van der Waals surface area contributed by atoms with Crippen LogP contribution in [0.15, 0.2) is 30.3 Å². The summed E-state index contributed by atoms with van der Waals surface area (Å²) in [5.74, 6) is -0.346. The Labute approximate surface area is 119 Å². The maximum Gasteiger partial charge on any atom is 0.246 e. The quantitative estimate of drug-likeness (QED) is 0.852. The Kier molecular flexibility index (Phi) is 4.56. The van der Waals surface area contributed by atoms with Crippen LogP contribution in [0.25, 0.3) is 6.08 Å². The number of carbonyl (C=O) groups is 2. The summed E-state index contributed by atoms with van der Waals surface area (Å²) in [6, 6.07) is 7.99. The average molecular weight is 272 g/mol. The summed E-state index contributed by atoms with van der Waals surface area (Å²) in [6.07, 6.45) is 4.76. The number of aryl methyl sites for hydroxylation is 1. The lowest BCUT2D eigenvalue weighted by molar-refractivity contribution is -0.130. The van der Waals surface area contributed by atoms with Gasteiger partial charge in [-0.15, -0.1) is 0 Å². The number of benzene rings is 1. The van der Waals surface area contributed by atoms with Crippen LogP contribution in [0.5, 0.6) is 0 Å². The first-order valence-electron chi connectivity index (χ1n) is 6.89. The number of piperidine rings is 1. The second-order valence-electron chi connectivity index (χ2n) is 5.25. The van der Waals surface area contributed by atoms with Gasteiger partial charge in [-0.2, -0.15) is 0 Å². The molecule has 0 atom stereocenters. The van der Waals surface area contributed by atoms with Crippen molar-refractivity contribution >= 4 is 17.9 Å². The third-order valence-corrected chi connectivity index (χ3v) is 3.67. The molecule has 4 heteroatoms. The number of rotatable bonds is 3. The zero-order valence-electron chi connectivity index (χ0n) is 11.7. The van der Waals surface area contributed by atoms with E-state index in [0.29, 0.717) is 25.9 Å². The van der Waals surface area contributed by atoms with Gasteiger partial charge in [-0.1, -0.05) is 29.8 Å². The smallest absolute Gasteiger partial charge is 0.246 e. The third-order valence-electron chi connectivity index (χ3n) is 3.67. The first-order chi connectivity index (χ1) is 9.56. The molecule has 2 amide bonds. The van der Waals surface area contributed by atoms with Crippen LogP contribution in [0.3, 0.4) is 0 Å². The molecule has 1 fully saturated rings. The van der Waals surface area contributed by atoms with Crippen LogP contribution in [0, 0.1) is 12.8 Å². The van der Waals surface area contributed by atoms with Crippen molar-refractivity contribution in [1.82, 2.24) is 4.90 Å². The second kappa shape index (κ2) is 6.37. The van der Waals surface area contributed by atoms with Crippen LogP contribution in [-0.4, -0.2) is 29.8 Å². The number of likely N-dealkylation sites (tertiary alicyclic amines) is 1. The van der Waals surface area contributed by atoms with Gasteiger partial charge in [0.1, 0.15) is 0 Å². The van der Waals surface area contributed by atoms with E-state index in [0.717, 1.165) is 5.56 Å². The van der Waals surface area contributed by atoms with Crippen LogP contribution in [0.2, 0.25) is 0 Å². The van der Waals surface area contributed by atoms with Crippen molar-refractivity contribution in [3.05, 3.63) is 41.5 Å². The Hall–Kier alpha value is -2.10. The number of amides is 2. The Bertz CT molecular complexity index is 529. The number of carbonyl (C=O) groups excluding carboxylic acids is 2. The van der Waals surface area contributed by atoms with E-state index in [-0.39, 0.29) is 17.7 Å². The van der Waals surface area contributed by atoms with E-state index in [4.69, 9.17) is 5.73 Å². The maximum absolute atomic E-state index is 12.1. The predicted octanol–water partition coefficient (Wildman–Crippen LogP) is 1.73. The fraction of sp³-hybridized carbons (Fsp3) is 0.375. The van der Waals surface area contributed by atoms with Gasteiger partial charge < -0.3 is 10.6 Å². The Morgan fingerprint density at radius 3 is 2.60 bits per heavy atom. The van der Waals surface area contributed by atoms with Crippen molar-refractivity contribution in [2.75, 3.05) is 13.1 Å². The highest BCUT2D eigenvalue weighted by Gasteiger charge is 2.24. The van der Waals surface area contributed by atoms with E-state index in [1.54, 1.807) is 11.0 Å². The number of nitrogens with zero attached hydrogens (tertiary/aromatic N) is 1. The van der Waals surface area contributed by atoms with E-state index < -0.39 is 0 Å². The molecule has 20 heavy (non-hydrogen) atoms. The van der Waals surface area contributed by atoms with Gasteiger partial charge in [-0.05, 0) is 31.4 Å². The lowest BCUT2D eigenvalue weighted by atomic mass is 9.96. The summed E-state index contributed by atoms with van der Waals surface area (Å²) in [5, 5.41) is 0. The molecule has 1 heterocycles. The highest BCUT2D eigenvalue weighted by Crippen LogP contribution is 2.17. The fourth-order valence-electron chi connectivity index (χ4n) is 2.43. The largest absolute Gasteiger partial charge is 0.369 e. The first kappa shape index (κ1) is 14.3. The summed E-state index contributed by atoms with van der Waals surface area (Å²) in [6.45, 7) is 3.23. The van der Waals surface area contributed by atoms with E-state index >= 15 is 0 Å². The van der Waals surface area contributed by atoms with Crippen LogP contribution in [0.1, 0.15) is 24.0 Å². The lowest BCUT2D eigenvalue weighted by Crippen LogP contribution is -2.41. The maximum atomic E-state index is 12.1. The van der Waals surface area contributed by atoms with Crippen LogP contribution in [0.4, 0.5) is 0 Å². The Morgan fingerprint density at radius 1 is 1.30 bits per heavy atom. The van der Waals surface area contributed by atoms with Gasteiger partial charge >= 0.3 is 0 Å². The van der Waals surface area contributed by atoms with Gasteiger partial charge in [0, 0.05) is 25.1 Å². The fourth-order valence-corrected chi connectivity index (χ4v) is 2.43. The molecule has 0 unspecified atom stereocenters. The van der Waals surface area contributed by atoms with Crippen LogP contribution in [-0.2, 0) is 9.59 Å². The predicted molar refractivity (Wildman–Crippen MR) is 78.7 cm³/mol. The van der Waals surface area contributed by atoms with Crippen molar-refractivity contribution in [1.29, 1.82) is 0 Å². The number of nitrogens with two attached hydrogens (primary N) is 1. The highest BCUT2D eigenvalue weighted by atomic mass is 16.2. The van der Waals surface area contributed by atoms with E-state index in [1.807, 2.05) is 37.3 Å². The second-order valence-corrected chi connectivity index (χ2v) is 5.25. The molecule has 1 aromatic carbocycles. The van der Waals surface area contributed by atoms with Gasteiger partial charge in [0.15, 0.2) is 0 Å². The monoisotopic (exact) mass is 272 g/mol. The van der Waals surface area contributed by atoms with Crippen molar-refractivity contribution in [2.24, 2.45) is 11.7 Å². The molecule has 0 bridgehead atoms. The molecule has 0 aromatic heterocycles. The van der Waals surface area contributed by atoms with Gasteiger partial charge in [0.05, 0.1) is 0 Å². The SMILES string of the molecule is Cc1cccc(C=CC(=O)N2CCC(C(N)=O)CC2)c1. The molecule has 0 aliphatic carbocycles. The molecule has 106 valence electrons. The zero-order valence-corrected chi connectivity index (χ0v) is 11.7. The molecular weight excluding hydrogens is 252 g/mol. The summed E-state index contributed by atoms with van der Waals surface area (Å²) < 4.78 is 0. The van der Waals surface area contributed by atoms with Crippen molar-refractivity contribution in [3.63, 3.8) is 0 Å². The topological polar surface area (TPSA) is 63.4 Å². The van der Waals surface area contributed by atoms with Gasteiger partial charge in [0.25, 0.3) is 0 Å². The van der Waals surface area contributed by atoms with Crippen LogP contribution < -0.4 is 5.73 Å². The minimum Gasteiger partial charge on any atom is -0.369 e. The standard InChI is InChI=1S/C16H20N2O2/c1-12-3-2-4-13(11-12)5-6-15(19)18-9-7-14(8-10-18)16(17)20/h2-6,11,14H,7-10H2,1H3,(H2,17,20). The molecule has 2 N–H and O–H groups in total. The molecular formula is C16H20N2O2. The van der Waals surface area contributed by atoms with Gasteiger partial charge in [-0.3, -0.25) is 9.59 Å². The number of hydrogen-bond donors (Lipinski definition) is 1. The molecule has 1 aromatic rings. The highest BCUT2D eigenvalue weighted by molar-refractivity contribution is 5.92. The molecule has 0 spiro atoms. The summed E-state index contributed by atoms with van der Waals surface area (Å²) in [7, 11) is 0. The molecule has 1 aliphatic heterocycles. The minimum absolute atomic E-state index is 0.00516. The van der Waals surface area contributed by atoms with Crippen LogP contribution >= 0.6 is 0 Å². The molecule has 4 nitrogen and oxygen atoms in total. The molecule has 1 aliphatic rings. The molecule has 2 rings (SSSR count). The van der Waals surface area contributed by atoms with E-state index in [1.165, 1.54) is 5.56 Å². The summed E-state index contributed by atoms with van der Waals surface area (Å²) in [5.41, 5.74) is 7.47. The number of primary amides is 1. The summed E-state index contributed by atoms with van der Waals surface area (Å²) >= 11 is 0. The first-order valence-corrected chi connectivity index (χ1v) is 6.89. The number of hydrogen-bond acceptors (Lipinski definition) is 2. The van der Waals surface area contributed by atoms with Crippen molar-refractivity contribution in [2.45, 2.75) is 19.8 Å². The van der Waals surface area contributed by atoms with Crippen molar-refractivity contribution < 1.29 is 9.59 Å². The third kappa shape index (κ3) is 3.70. The van der Waals surface area contributed by atoms with Gasteiger partial charge in [0.2, 0.25) is 11.8 Å². The Balaban J connectivity index is 1.91. The molecule has 0 radical (unpaired) electrons. The average Bonchev–Trinajstić information content (AvgIpc) is 2.45. The van der Waals surface area contributed by atoms with Gasteiger partial charge in [-0.25, -0.2) is 0 Å². The minimum atomic E-state index is -0.257. The van der Waals surface area contributed by atoms with E-state index in [9.17, 15) is 9.59 Å². The molecule has 0 saturated carbocycles. The Morgan fingerprint density at radius 2 is 2.00 bits per heavy atom. The summed E-state index contributed by atoms with van der Waals surface area (Å²) in [4.78, 5) is 24.9. The normalized spacial score (nSPS) is 16.6.